The van der Waals surface area contributed by atoms with Crippen molar-refractivity contribution in [3.63, 3.8) is 0 Å². The number of hydrogen-bond donors (Lipinski definition) is 0. The van der Waals surface area contributed by atoms with E-state index in [2.05, 4.69) is 31.0 Å². The molecule has 21 heavy (non-hydrogen) atoms. The van der Waals surface area contributed by atoms with Gasteiger partial charge in [-0.15, -0.1) is 17.9 Å². The van der Waals surface area contributed by atoms with Crippen molar-refractivity contribution >= 4 is 11.3 Å². The third-order valence-electron chi connectivity index (χ3n) is 2.66. The van der Waals surface area contributed by atoms with Gasteiger partial charge in [-0.1, -0.05) is 36.8 Å². The molecule has 1 heterocycles. The Morgan fingerprint density at radius 3 is 2.14 bits per heavy atom. The minimum Gasteiger partial charge on any atom is -0.674 e. The summed E-state index contributed by atoms with van der Waals surface area (Å²) in [4.78, 5) is 5.44. The molecule has 1 unspecified atom stereocenters. The normalized spacial score (nSPS) is 10.5. The zero-order valence-corrected chi connectivity index (χ0v) is 15.1. The van der Waals surface area contributed by atoms with Gasteiger partial charge in [-0.2, -0.15) is 0 Å². The molecule has 0 spiro atoms. The largest absolute Gasteiger partial charge is 4.00 e. The monoisotopic (exact) mass is 340 g/mol. The molecular weight excluding hydrogens is 316 g/mol. The van der Waals surface area contributed by atoms with Crippen LogP contribution in [-0.2, 0) is 23.9 Å². The van der Waals surface area contributed by atoms with Crippen molar-refractivity contribution in [3.8, 4) is 10.4 Å². The fourth-order valence-electron chi connectivity index (χ4n) is 1.35. The molecule has 2 nitrogen and oxygen atoms in total. The van der Waals surface area contributed by atoms with E-state index in [1.807, 2.05) is 31.5 Å². The van der Waals surface area contributed by atoms with Crippen molar-refractivity contribution in [3.05, 3.63) is 68.0 Å². The molecule has 0 fully saturated rings. The Labute approximate surface area is 144 Å². The van der Waals surface area contributed by atoms with Crippen LogP contribution in [0, 0.1) is 34.1 Å². The summed E-state index contributed by atoms with van der Waals surface area (Å²) in [5, 5.41) is 0. The van der Waals surface area contributed by atoms with Crippen LogP contribution >= 0.6 is 11.3 Å². The Hall–Kier alpha value is -0.658. The summed E-state index contributed by atoms with van der Waals surface area (Å²) in [6, 6.07) is 8.12. The van der Waals surface area contributed by atoms with E-state index in [0.717, 1.165) is 17.7 Å². The zero-order chi connectivity index (χ0) is 14.3. The van der Waals surface area contributed by atoms with E-state index in [1.54, 1.807) is 11.3 Å². The van der Waals surface area contributed by atoms with Gasteiger partial charge in [-0.25, -0.2) is 17.3 Å². The average molecular weight is 340 g/mol. The first-order valence-corrected chi connectivity index (χ1v) is 7.22. The van der Waals surface area contributed by atoms with Gasteiger partial charge in [0, 0.05) is 0 Å². The summed E-state index contributed by atoms with van der Waals surface area (Å²) in [6.45, 7) is 11.7. The first-order chi connectivity index (χ1) is 9.08. The number of aryl methyl sites for hydroxylation is 1. The minimum atomic E-state index is 0. The second kappa shape index (κ2) is 11.9. The van der Waals surface area contributed by atoms with Crippen molar-refractivity contribution in [1.29, 1.82) is 0 Å². The predicted octanol–water partition coefficient (Wildman–Crippen LogP) is 5.80. The maximum absolute atomic E-state index is 7.22. The predicted molar refractivity (Wildman–Crippen MR) is 91.2 cm³/mol. The van der Waals surface area contributed by atoms with Gasteiger partial charge < -0.3 is 27.0 Å². The molecule has 2 rings (SSSR count). The molecule has 0 saturated carbocycles. The summed E-state index contributed by atoms with van der Waals surface area (Å²) in [6.07, 6.45) is 0.944. The number of benzene rings is 1. The van der Waals surface area contributed by atoms with Gasteiger partial charge in [0.25, 0.3) is 0 Å². The molecule has 1 atom stereocenters. The summed E-state index contributed by atoms with van der Waals surface area (Å²) < 4.78 is 0. The molecule has 0 radical (unpaired) electrons. The fraction of sp³-hybridized carbons (Fsp3) is 0.294. The maximum atomic E-state index is 7.22. The molecule has 0 amide bonds. The van der Waals surface area contributed by atoms with Gasteiger partial charge in [-0.05, 0) is 12.5 Å². The number of thiazole rings is 1. The van der Waals surface area contributed by atoms with Crippen molar-refractivity contribution < 1.29 is 17.4 Å². The molecular formula is C17H24CrN2S. The molecule has 1 N–H and O–H groups in total. The standard InChI is InChI=1S/C11H11N2S.C5H10.CH3.Cr/c1-8-11(14-7-13-8)10-4-2-9(6-12)3-5-10;1-4-5(2)3;;/h2-5,7,12H,6H2,1H3;5H,1-2,4H2,3H3;1H3;/q-1;-2;-1;+4. The first kappa shape index (κ1) is 22.6. The van der Waals surface area contributed by atoms with Crippen LogP contribution in [0.15, 0.2) is 29.8 Å². The summed E-state index contributed by atoms with van der Waals surface area (Å²) in [7, 11) is 0. The Bertz CT molecular complexity index is 478. The Morgan fingerprint density at radius 1 is 1.29 bits per heavy atom. The second-order valence-corrected chi connectivity index (χ2v) is 5.39. The van der Waals surface area contributed by atoms with Gasteiger partial charge in [0.15, 0.2) is 0 Å². The van der Waals surface area contributed by atoms with E-state index in [9.17, 15) is 0 Å². The number of aromatic nitrogens is 1. The quantitative estimate of drug-likeness (QED) is 0.651. The topological polar surface area (TPSA) is 36.7 Å². The van der Waals surface area contributed by atoms with Crippen LogP contribution in [0.5, 0.6) is 0 Å². The van der Waals surface area contributed by atoms with Crippen molar-refractivity contribution in [1.82, 2.24) is 4.98 Å². The van der Waals surface area contributed by atoms with Crippen molar-refractivity contribution in [2.24, 2.45) is 5.92 Å². The van der Waals surface area contributed by atoms with Crippen LogP contribution in [0.3, 0.4) is 0 Å². The molecule has 2 aromatic rings. The minimum absolute atomic E-state index is 0. The Kier molecular flexibility index (Phi) is 12.9. The summed E-state index contributed by atoms with van der Waals surface area (Å²) in [5.74, 6) is 0.523. The van der Waals surface area contributed by atoms with E-state index < -0.39 is 0 Å². The van der Waals surface area contributed by atoms with Crippen LogP contribution in [0.2, 0.25) is 0 Å². The van der Waals surface area contributed by atoms with Crippen LogP contribution in [0.25, 0.3) is 16.2 Å². The van der Waals surface area contributed by atoms with Crippen molar-refractivity contribution in [2.75, 3.05) is 0 Å². The molecule has 0 aliphatic carbocycles. The summed E-state index contributed by atoms with van der Waals surface area (Å²) in [5.41, 5.74) is 12.4. The maximum Gasteiger partial charge on any atom is 4.00 e. The Balaban J connectivity index is 0. The van der Waals surface area contributed by atoms with E-state index in [1.165, 1.54) is 10.4 Å². The van der Waals surface area contributed by atoms with Crippen LogP contribution in [-0.4, -0.2) is 4.98 Å². The molecule has 0 aliphatic heterocycles. The summed E-state index contributed by atoms with van der Waals surface area (Å²) >= 11 is 1.66. The van der Waals surface area contributed by atoms with E-state index in [-0.39, 0.29) is 24.8 Å². The van der Waals surface area contributed by atoms with E-state index in [0.29, 0.717) is 12.5 Å². The van der Waals surface area contributed by atoms with Gasteiger partial charge in [-0.3, -0.25) is 0 Å². The zero-order valence-electron chi connectivity index (χ0n) is 13.1. The van der Waals surface area contributed by atoms with Gasteiger partial charge in [0.2, 0.25) is 0 Å². The molecule has 0 bridgehead atoms. The Morgan fingerprint density at radius 2 is 1.81 bits per heavy atom. The van der Waals surface area contributed by atoms with Crippen LogP contribution in [0.4, 0.5) is 0 Å². The first-order valence-electron chi connectivity index (χ1n) is 6.34. The van der Waals surface area contributed by atoms with Gasteiger partial charge >= 0.3 is 17.4 Å². The number of nitrogens with zero attached hydrogens (tertiary/aromatic N) is 1. The number of nitrogens with one attached hydrogen (secondary N) is 1. The molecule has 114 valence electrons. The fourth-order valence-corrected chi connectivity index (χ4v) is 2.16. The number of hydrogen-bond acceptors (Lipinski definition) is 2. The molecule has 1 aromatic carbocycles. The van der Waals surface area contributed by atoms with Gasteiger partial charge in [0.1, 0.15) is 0 Å². The SMILES string of the molecule is Cc1ncsc1-c1ccc(C[NH-])cc1.[CH2-]CC([CH2-])C.[CH3-].[Cr+4]. The average Bonchev–Trinajstić information content (AvgIpc) is 2.86. The molecule has 0 aliphatic rings. The van der Waals surface area contributed by atoms with E-state index in [4.69, 9.17) is 5.73 Å². The smallest absolute Gasteiger partial charge is 0.674 e. The molecule has 0 saturated heterocycles. The van der Waals surface area contributed by atoms with E-state index >= 15 is 0 Å². The molecule has 4 heteroatoms. The number of rotatable bonds is 3. The van der Waals surface area contributed by atoms with Crippen molar-refractivity contribution in [2.45, 2.75) is 26.8 Å². The van der Waals surface area contributed by atoms with Crippen LogP contribution in [0.1, 0.15) is 24.6 Å². The molecule has 1 aromatic heterocycles. The van der Waals surface area contributed by atoms with Gasteiger partial charge in [0.05, 0.1) is 16.1 Å². The van der Waals surface area contributed by atoms with Crippen LogP contribution < -0.4 is 0 Å². The second-order valence-electron chi connectivity index (χ2n) is 4.53. The third kappa shape index (κ3) is 7.78. The third-order valence-corrected chi connectivity index (χ3v) is 3.64.